The van der Waals surface area contributed by atoms with E-state index in [0.717, 1.165) is 5.69 Å². The van der Waals surface area contributed by atoms with Gasteiger partial charge in [0.1, 0.15) is 6.04 Å². The summed E-state index contributed by atoms with van der Waals surface area (Å²) in [6.07, 6.45) is 1.99. The number of nitrogens with one attached hydrogen (secondary N) is 1. The summed E-state index contributed by atoms with van der Waals surface area (Å²) in [5.41, 5.74) is 0.749. The molecule has 98 valence electrons. The van der Waals surface area contributed by atoms with Crippen LogP contribution in [0.5, 0.6) is 0 Å². The van der Waals surface area contributed by atoms with E-state index < -0.39 is 18.0 Å². The van der Waals surface area contributed by atoms with E-state index in [1.165, 1.54) is 4.90 Å². The molecule has 1 rings (SSSR count). The summed E-state index contributed by atoms with van der Waals surface area (Å²) in [5.74, 6) is -1.03. The predicted molar refractivity (Wildman–Crippen MR) is 66.0 cm³/mol. The number of carbonyl (C=O) groups excluding carboxylic acids is 1. The molecule has 1 atom stereocenters. The standard InChI is InChI=1S/C12H17N3O3/c1-3-10(11(16)17)14-12(18)15(2)8-9-6-4-5-7-13-9/h4-7,10H,3,8H2,1-2H3,(H,14,18)(H,16,17)/t10-/m1/s1. The molecule has 0 saturated carbocycles. The van der Waals surface area contributed by atoms with E-state index >= 15 is 0 Å². The van der Waals surface area contributed by atoms with Crippen LogP contribution in [-0.4, -0.2) is 40.1 Å². The van der Waals surface area contributed by atoms with E-state index in [4.69, 9.17) is 5.11 Å². The third-order valence-corrected chi connectivity index (χ3v) is 2.48. The Kier molecular flexibility index (Phi) is 5.10. The number of carbonyl (C=O) groups is 2. The summed E-state index contributed by atoms with van der Waals surface area (Å²) in [4.78, 5) is 28.0. The van der Waals surface area contributed by atoms with E-state index in [1.54, 1.807) is 32.3 Å². The van der Waals surface area contributed by atoms with Crippen molar-refractivity contribution in [2.75, 3.05) is 7.05 Å². The number of rotatable bonds is 5. The highest BCUT2D eigenvalue weighted by Gasteiger charge is 2.19. The lowest BCUT2D eigenvalue weighted by molar-refractivity contribution is -0.139. The van der Waals surface area contributed by atoms with Crippen molar-refractivity contribution in [3.05, 3.63) is 30.1 Å². The van der Waals surface area contributed by atoms with E-state index in [2.05, 4.69) is 10.3 Å². The molecule has 0 aromatic carbocycles. The van der Waals surface area contributed by atoms with Crippen LogP contribution in [0.2, 0.25) is 0 Å². The average molecular weight is 251 g/mol. The minimum atomic E-state index is -1.03. The number of pyridine rings is 1. The fraction of sp³-hybridized carbons (Fsp3) is 0.417. The van der Waals surface area contributed by atoms with E-state index in [1.807, 2.05) is 6.07 Å². The lowest BCUT2D eigenvalue weighted by atomic mass is 10.2. The van der Waals surface area contributed by atoms with E-state index in [9.17, 15) is 9.59 Å². The summed E-state index contributed by atoms with van der Waals surface area (Å²) >= 11 is 0. The van der Waals surface area contributed by atoms with Gasteiger partial charge in [0.2, 0.25) is 0 Å². The highest BCUT2D eigenvalue weighted by Crippen LogP contribution is 2.00. The Labute approximate surface area is 106 Å². The number of carboxylic acids is 1. The minimum Gasteiger partial charge on any atom is -0.480 e. The van der Waals surface area contributed by atoms with Crippen LogP contribution in [-0.2, 0) is 11.3 Å². The number of aliphatic carboxylic acids is 1. The fourth-order valence-corrected chi connectivity index (χ4v) is 1.40. The van der Waals surface area contributed by atoms with Gasteiger partial charge >= 0.3 is 12.0 Å². The number of nitrogens with zero attached hydrogens (tertiary/aromatic N) is 2. The van der Waals surface area contributed by atoms with Crippen LogP contribution in [0, 0.1) is 0 Å². The number of hydrogen-bond donors (Lipinski definition) is 2. The molecular weight excluding hydrogens is 234 g/mol. The zero-order valence-corrected chi connectivity index (χ0v) is 10.5. The van der Waals surface area contributed by atoms with Gasteiger partial charge in [0, 0.05) is 13.2 Å². The molecule has 2 amide bonds. The van der Waals surface area contributed by atoms with Gasteiger partial charge in [-0.05, 0) is 18.6 Å². The molecule has 18 heavy (non-hydrogen) atoms. The van der Waals surface area contributed by atoms with Crippen molar-refractivity contribution >= 4 is 12.0 Å². The van der Waals surface area contributed by atoms with Gasteiger partial charge in [-0.25, -0.2) is 9.59 Å². The lowest BCUT2D eigenvalue weighted by Crippen LogP contribution is -2.46. The molecule has 6 nitrogen and oxygen atoms in total. The summed E-state index contributed by atoms with van der Waals surface area (Å²) in [7, 11) is 1.60. The molecule has 0 aliphatic heterocycles. The summed E-state index contributed by atoms with van der Waals surface area (Å²) in [6.45, 7) is 2.04. The van der Waals surface area contributed by atoms with E-state index in [-0.39, 0.29) is 0 Å². The van der Waals surface area contributed by atoms with Crippen molar-refractivity contribution in [2.24, 2.45) is 0 Å². The zero-order chi connectivity index (χ0) is 13.5. The molecular formula is C12H17N3O3. The topological polar surface area (TPSA) is 82.5 Å². The molecule has 0 bridgehead atoms. The van der Waals surface area contributed by atoms with Gasteiger partial charge in [0.25, 0.3) is 0 Å². The van der Waals surface area contributed by atoms with Crippen molar-refractivity contribution in [1.82, 2.24) is 15.2 Å². The number of carboxylic acid groups (broad SMARTS) is 1. The lowest BCUT2D eigenvalue weighted by Gasteiger charge is -2.20. The number of hydrogen-bond acceptors (Lipinski definition) is 3. The summed E-state index contributed by atoms with van der Waals surface area (Å²) < 4.78 is 0. The Bertz CT molecular complexity index is 408. The van der Waals surface area contributed by atoms with Gasteiger partial charge in [-0.15, -0.1) is 0 Å². The van der Waals surface area contributed by atoms with Gasteiger partial charge < -0.3 is 15.3 Å². The van der Waals surface area contributed by atoms with Gasteiger partial charge in [-0.2, -0.15) is 0 Å². The highest BCUT2D eigenvalue weighted by atomic mass is 16.4. The molecule has 0 unspecified atom stereocenters. The smallest absolute Gasteiger partial charge is 0.326 e. The molecule has 2 N–H and O–H groups in total. The third-order valence-electron chi connectivity index (χ3n) is 2.48. The molecule has 0 fully saturated rings. The Balaban J connectivity index is 2.54. The first-order valence-corrected chi connectivity index (χ1v) is 5.69. The first-order chi connectivity index (χ1) is 8.54. The maximum absolute atomic E-state index is 11.7. The molecule has 1 aromatic rings. The second-order valence-corrected chi connectivity index (χ2v) is 3.93. The largest absolute Gasteiger partial charge is 0.480 e. The van der Waals surface area contributed by atoms with Crippen LogP contribution < -0.4 is 5.32 Å². The number of amides is 2. The zero-order valence-electron chi connectivity index (χ0n) is 10.5. The van der Waals surface area contributed by atoms with Gasteiger partial charge in [-0.1, -0.05) is 13.0 Å². The first kappa shape index (κ1) is 14.0. The Morgan fingerprint density at radius 3 is 2.72 bits per heavy atom. The van der Waals surface area contributed by atoms with Gasteiger partial charge in [-0.3, -0.25) is 4.98 Å². The summed E-state index contributed by atoms with van der Waals surface area (Å²) in [6, 6.07) is 4.15. The maximum Gasteiger partial charge on any atom is 0.326 e. The van der Waals surface area contributed by atoms with Crippen LogP contribution in [0.3, 0.4) is 0 Å². The average Bonchev–Trinajstić information content (AvgIpc) is 2.36. The molecule has 0 aliphatic carbocycles. The van der Waals surface area contributed by atoms with Crippen LogP contribution in [0.4, 0.5) is 4.79 Å². The minimum absolute atomic E-state index is 0.336. The second-order valence-electron chi connectivity index (χ2n) is 3.93. The van der Waals surface area contributed by atoms with Crippen molar-refractivity contribution < 1.29 is 14.7 Å². The van der Waals surface area contributed by atoms with Crippen LogP contribution >= 0.6 is 0 Å². The second kappa shape index (κ2) is 6.58. The maximum atomic E-state index is 11.7. The molecule has 0 saturated heterocycles. The monoisotopic (exact) mass is 251 g/mol. The van der Waals surface area contributed by atoms with Crippen molar-refractivity contribution in [1.29, 1.82) is 0 Å². The molecule has 6 heteroatoms. The highest BCUT2D eigenvalue weighted by molar-refractivity contribution is 5.82. The fourth-order valence-electron chi connectivity index (χ4n) is 1.40. The molecule has 0 spiro atoms. The molecule has 1 aromatic heterocycles. The quantitative estimate of drug-likeness (QED) is 0.820. The van der Waals surface area contributed by atoms with Crippen LogP contribution in [0.25, 0.3) is 0 Å². The SMILES string of the molecule is CC[C@@H](NC(=O)N(C)Cc1ccccn1)C(=O)O. The molecule has 1 heterocycles. The van der Waals surface area contributed by atoms with Gasteiger partial charge in [0.15, 0.2) is 0 Å². The van der Waals surface area contributed by atoms with Crippen LogP contribution in [0.15, 0.2) is 24.4 Å². The van der Waals surface area contributed by atoms with Crippen molar-refractivity contribution in [3.8, 4) is 0 Å². The number of urea groups is 1. The van der Waals surface area contributed by atoms with Crippen molar-refractivity contribution in [3.63, 3.8) is 0 Å². The normalized spacial score (nSPS) is 11.7. The van der Waals surface area contributed by atoms with E-state index in [0.29, 0.717) is 13.0 Å². The number of aromatic nitrogens is 1. The van der Waals surface area contributed by atoms with Crippen molar-refractivity contribution in [2.45, 2.75) is 25.9 Å². The molecule has 0 aliphatic rings. The first-order valence-electron chi connectivity index (χ1n) is 5.69. The Morgan fingerprint density at radius 2 is 2.22 bits per heavy atom. The summed E-state index contributed by atoms with van der Waals surface area (Å²) in [5, 5.41) is 11.3. The van der Waals surface area contributed by atoms with Crippen LogP contribution in [0.1, 0.15) is 19.0 Å². The molecule has 0 radical (unpaired) electrons. The van der Waals surface area contributed by atoms with Gasteiger partial charge in [0.05, 0.1) is 12.2 Å². The Morgan fingerprint density at radius 1 is 1.50 bits per heavy atom. The third kappa shape index (κ3) is 4.04. The predicted octanol–water partition coefficient (Wildman–Crippen LogP) is 1.09. The Hall–Kier alpha value is -2.11.